The number of benzene rings is 1. The van der Waals surface area contributed by atoms with Gasteiger partial charge in [0.05, 0.1) is 6.10 Å². The maximum Gasteiger partial charge on any atom is 0.317 e. The molecule has 2 N–H and O–H groups in total. The summed E-state index contributed by atoms with van der Waals surface area (Å²) >= 11 is 1.75. The third-order valence-corrected chi connectivity index (χ3v) is 4.42. The van der Waals surface area contributed by atoms with E-state index in [0.29, 0.717) is 18.3 Å². The van der Waals surface area contributed by atoms with E-state index in [9.17, 15) is 9.90 Å². The maximum absolute atomic E-state index is 12.0. The van der Waals surface area contributed by atoms with Crippen molar-refractivity contribution < 1.29 is 9.90 Å². The first-order valence-corrected chi connectivity index (χ1v) is 7.95. The summed E-state index contributed by atoms with van der Waals surface area (Å²) in [7, 11) is 0. The SMILES string of the molecule is CC(CNC(=O)N1CCCC(O)C1)Sc1ccccc1. The second-order valence-electron chi connectivity index (χ2n) is 5.17. The van der Waals surface area contributed by atoms with Gasteiger partial charge in [-0.25, -0.2) is 4.79 Å². The highest BCUT2D eigenvalue weighted by molar-refractivity contribution is 8.00. The van der Waals surface area contributed by atoms with E-state index >= 15 is 0 Å². The Morgan fingerprint density at radius 3 is 2.95 bits per heavy atom. The molecule has 0 saturated carbocycles. The summed E-state index contributed by atoms with van der Waals surface area (Å²) in [6.45, 7) is 3.92. The van der Waals surface area contributed by atoms with Crippen LogP contribution in [0.1, 0.15) is 19.8 Å². The zero-order valence-electron chi connectivity index (χ0n) is 11.8. The molecular formula is C15H22N2O2S. The molecule has 2 atom stereocenters. The topological polar surface area (TPSA) is 52.6 Å². The first kappa shape index (κ1) is 15.2. The summed E-state index contributed by atoms with van der Waals surface area (Å²) in [5, 5.41) is 12.8. The number of rotatable bonds is 4. The van der Waals surface area contributed by atoms with E-state index in [1.165, 1.54) is 4.90 Å². The third kappa shape index (κ3) is 4.72. The van der Waals surface area contributed by atoms with Gasteiger partial charge in [-0.05, 0) is 25.0 Å². The molecule has 1 aliphatic rings. The van der Waals surface area contributed by atoms with Crippen molar-refractivity contribution in [3.8, 4) is 0 Å². The van der Waals surface area contributed by atoms with Crippen molar-refractivity contribution in [1.82, 2.24) is 10.2 Å². The second kappa shape index (κ2) is 7.55. The molecule has 4 nitrogen and oxygen atoms in total. The molecule has 110 valence electrons. The first-order chi connectivity index (χ1) is 9.65. The maximum atomic E-state index is 12.0. The Morgan fingerprint density at radius 1 is 1.50 bits per heavy atom. The van der Waals surface area contributed by atoms with E-state index in [-0.39, 0.29) is 12.1 Å². The van der Waals surface area contributed by atoms with Gasteiger partial charge in [-0.3, -0.25) is 0 Å². The average molecular weight is 294 g/mol. The molecule has 0 radical (unpaired) electrons. The second-order valence-corrected chi connectivity index (χ2v) is 6.68. The van der Waals surface area contributed by atoms with Crippen LogP contribution in [0.2, 0.25) is 0 Å². The van der Waals surface area contributed by atoms with E-state index in [0.717, 1.165) is 19.4 Å². The summed E-state index contributed by atoms with van der Waals surface area (Å²) in [6.07, 6.45) is 1.30. The normalized spacial score (nSPS) is 20.5. The zero-order valence-corrected chi connectivity index (χ0v) is 12.6. The quantitative estimate of drug-likeness (QED) is 0.838. The largest absolute Gasteiger partial charge is 0.391 e. The van der Waals surface area contributed by atoms with Crippen molar-refractivity contribution >= 4 is 17.8 Å². The van der Waals surface area contributed by atoms with Crippen LogP contribution in [0.5, 0.6) is 0 Å². The molecule has 0 aromatic heterocycles. The number of carbonyl (C=O) groups excluding carboxylic acids is 1. The van der Waals surface area contributed by atoms with Crippen LogP contribution in [-0.4, -0.2) is 47.0 Å². The molecule has 1 aromatic rings. The summed E-state index contributed by atoms with van der Waals surface area (Å²) < 4.78 is 0. The number of aliphatic hydroxyl groups is 1. The number of thioether (sulfide) groups is 1. The number of likely N-dealkylation sites (tertiary alicyclic amines) is 1. The summed E-state index contributed by atoms with van der Waals surface area (Å²) in [5.41, 5.74) is 0. The highest BCUT2D eigenvalue weighted by Crippen LogP contribution is 2.22. The minimum Gasteiger partial charge on any atom is -0.391 e. The standard InChI is InChI=1S/C15H22N2O2S/c1-12(20-14-7-3-2-4-8-14)10-16-15(19)17-9-5-6-13(18)11-17/h2-4,7-8,12-13,18H,5-6,9-11H2,1H3,(H,16,19). The molecule has 1 aliphatic heterocycles. The molecule has 2 amide bonds. The van der Waals surface area contributed by atoms with Gasteiger partial charge in [0.25, 0.3) is 0 Å². The lowest BCUT2D eigenvalue weighted by molar-refractivity contribution is 0.0843. The van der Waals surface area contributed by atoms with Gasteiger partial charge < -0.3 is 15.3 Å². The highest BCUT2D eigenvalue weighted by Gasteiger charge is 2.22. The number of amides is 2. The Hall–Kier alpha value is -1.20. The Bertz CT molecular complexity index is 427. The van der Waals surface area contributed by atoms with E-state index in [4.69, 9.17) is 0 Å². The van der Waals surface area contributed by atoms with Gasteiger partial charge in [0.2, 0.25) is 0 Å². The molecular weight excluding hydrogens is 272 g/mol. The van der Waals surface area contributed by atoms with Crippen molar-refractivity contribution in [2.75, 3.05) is 19.6 Å². The number of aliphatic hydroxyl groups excluding tert-OH is 1. The minimum atomic E-state index is -0.370. The number of carbonyl (C=O) groups is 1. The van der Waals surface area contributed by atoms with Gasteiger partial charge in [0.15, 0.2) is 0 Å². The minimum absolute atomic E-state index is 0.0655. The van der Waals surface area contributed by atoms with Crippen LogP contribution in [0.15, 0.2) is 35.2 Å². The van der Waals surface area contributed by atoms with Crippen molar-refractivity contribution in [3.05, 3.63) is 30.3 Å². The fourth-order valence-electron chi connectivity index (χ4n) is 2.26. The Kier molecular flexibility index (Phi) is 5.73. The van der Waals surface area contributed by atoms with Gasteiger partial charge >= 0.3 is 6.03 Å². The van der Waals surface area contributed by atoms with Crippen molar-refractivity contribution in [1.29, 1.82) is 0 Å². The highest BCUT2D eigenvalue weighted by atomic mass is 32.2. The van der Waals surface area contributed by atoms with Gasteiger partial charge in [-0.15, -0.1) is 11.8 Å². The molecule has 1 saturated heterocycles. The van der Waals surface area contributed by atoms with Gasteiger partial charge in [-0.1, -0.05) is 25.1 Å². The van der Waals surface area contributed by atoms with Crippen molar-refractivity contribution in [2.24, 2.45) is 0 Å². The lowest BCUT2D eigenvalue weighted by atomic mass is 10.1. The summed E-state index contributed by atoms with van der Waals surface area (Å²) in [4.78, 5) is 14.9. The Morgan fingerprint density at radius 2 is 2.25 bits per heavy atom. The number of hydrogen-bond acceptors (Lipinski definition) is 3. The van der Waals surface area contributed by atoms with Crippen LogP contribution in [-0.2, 0) is 0 Å². The monoisotopic (exact) mass is 294 g/mol. The van der Waals surface area contributed by atoms with Crippen LogP contribution in [0.25, 0.3) is 0 Å². The fraction of sp³-hybridized carbons (Fsp3) is 0.533. The number of piperidine rings is 1. The summed E-state index contributed by atoms with van der Waals surface area (Å²) in [5.74, 6) is 0. The Labute approximate surface area is 124 Å². The molecule has 5 heteroatoms. The Balaban J connectivity index is 1.72. The van der Waals surface area contributed by atoms with Crippen LogP contribution < -0.4 is 5.32 Å². The smallest absolute Gasteiger partial charge is 0.317 e. The van der Waals surface area contributed by atoms with Gasteiger partial charge in [-0.2, -0.15) is 0 Å². The molecule has 1 aromatic carbocycles. The van der Waals surface area contributed by atoms with E-state index < -0.39 is 0 Å². The van der Waals surface area contributed by atoms with E-state index in [1.54, 1.807) is 16.7 Å². The number of hydrogen-bond donors (Lipinski definition) is 2. The molecule has 0 aliphatic carbocycles. The molecule has 0 bridgehead atoms. The third-order valence-electron chi connectivity index (χ3n) is 3.30. The predicted molar refractivity (Wildman–Crippen MR) is 82.0 cm³/mol. The van der Waals surface area contributed by atoms with E-state index in [2.05, 4.69) is 24.4 Å². The van der Waals surface area contributed by atoms with Crippen molar-refractivity contribution in [2.45, 2.75) is 36.0 Å². The lowest BCUT2D eigenvalue weighted by Crippen LogP contribution is -2.48. The first-order valence-electron chi connectivity index (χ1n) is 7.07. The van der Waals surface area contributed by atoms with Crippen LogP contribution in [0.3, 0.4) is 0 Å². The molecule has 1 heterocycles. The van der Waals surface area contributed by atoms with Crippen molar-refractivity contribution in [3.63, 3.8) is 0 Å². The predicted octanol–water partition coefficient (Wildman–Crippen LogP) is 2.33. The fourth-order valence-corrected chi connectivity index (χ4v) is 3.20. The number of β-amino-alcohol motifs (C(OH)–C–C–N with tert-alkyl or cyclic N) is 1. The number of urea groups is 1. The zero-order chi connectivity index (χ0) is 14.4. The number of nitrogens with zero attached hydrogens (tertiary/aromatic N) is 1. The van der Waals surface area contributed by atoms with Crippen LogP contribution in [0.4, 0.5) is 4.79 Å². The van der Waals surface area contributed by atoms with Crippen LogP contribution >= 0.6 is 11.8 Å². The number of nitrogens with one attached hydrogen (secondary N) is 1. The molecule has 20 heavy (non-hydrogen) atoms. The van der Waals surface area contributed by atoms with Gasteiger partial charge in [0.1, 0.15) is 0 Å². The summed E-state index contributed by atoms with van der Waals surface area (Å²) in [6, 6.07) is 10.1. The average Bonchev–Trinajstić information content (AvgIpc) is 2.46. The lowest BCUT2D eigenvalue weighted by Gasteiger charge is -2.30. The van der Waals surface area contributed by atoms with E-state index in [1.807, 2.05) is 18.2 Å². The van der Waals surface area contributed by atoms with Crippen LogP contribution in [0, 0.1) is 0 Å². The molecule has 0 spiro atoms. The molecule has 1 fully saturated rings. The van der Waals surface area contributed by atoms with Gasteiger partial charge in [0, 0.05) is 29.8 Å². The molecule has 2 unspecified atom stereocenters. The molecule has 2 rings (SSSR count).